The molecule has 10 heteroatoms. The molecule has 1 fully saturated rings. The lowest BCUT2D eigenvalue weighted by atomic mass is 9.93. The largest absolute Gasteiger partial charge is 0.458 e. The van der Waals surface area contributed by atoms with Crippen molar-refractivity contribution in [2.75, 3.05) is 13.1 Å². The Bertz CT molecular complexity index is 1160. The minimum Gasteiger partial charge on any atom is -0.458 e. The summed E-state index contributed by atoms with van der Waals surface area (Å²) in [6, 6.07) is 18.4. The zero-order valence-corrected chi connectivity index (χ0v) is 25.6. The zero-order valence-electron chi connectivity index (χ0n) is 25.6. The number of hydrogen-bond donors (Lipinski definition) is 1. The Morgan fingerprint density at radius 1 is 0.786 bits per heavy atom. The number of nitrogens with zero attached hydrogens (tertiary/aromatic N) is 1. The smallest absolute Gasteiger partial charge is 0.410 e. The van der Waals surface area contributed by atoms with Crippen molar-refractivity contribution in [3.63, 3.8) is 0 Å². The molecule has 0 bridgehead atoms. The van der Waals surface area contributed by atoms with Crippen molar-refractivity contribution in [1.29, 1.82) is 0 Å². The monoisotopic (exact) mass is 584 g/mol. The lowest BCUT2D eigenvalue weighted by Gasteiger charge is -2.48. The van der Waals surface area contributed by atoms with Gasteiger partial charge in [-0.3, -0.25) is 9.69 Å². The summed E-state index contributed by atoms with van der Waals surface area (Å²) >= 11 is 0. The van der Waals surface area contributed by atoms with Crippen LogP contribution < -0.4 is 5.32 Å². The van der Waals surface area contributed by atoms with Gasteiger partial charge in [0.15, 0.2) is 0 Å². The van der Waals surface area contributed by atoms with E-state index < -0.39 is 53.7 Å². The van der Waals surface area contributed by atoms with Crippen molar-refractivity contribution in [2.45, 2.75) is 97.2 Å². The summed E-state index contributed by atoms with van der Waals surface area (Å²) < 4.78 is 29.8. The highest BCUT2D eigenvalue weighted by Gasteiger charge is 2.49. The lowest BCUT2D eigenvalue weighted by Crippen LogP contribution is -2.67. The van der Waals surface area contributed by atoms with E-state index in [2.05, 4.69) is 5.32 Å². The van der Waals surface area contributed by atoms with E-state index in [1.54, 1.807) is 41.5 Å². The molecular weight excluding hydrogens is 540 g/mol. The highest BCUT2D eigenvalue weighted by Crippen LogP contribution is 2.29. The zero-order chi connectivity index (χ0) is 30.9. The quantitative estimate of drug-likeness (QED) is 0.315. The van der Waals surface area contributed by atoms with E-state index in [1.165, 1.54) is 11.8 Å². The number of carbonyl (C=O) groups is 3. The van der Waals surface area contributed by atoms with Crippen LogP contribution in [-0.2, 0) is 41.7 Å². The van der Waals surface area contributed by atoms with Gasteiger partial charge in [-0.1, -0.05) is 60.7 Å². The van der Waals surface area contributed by atoms with Gasteiger partial charge in [0.2, 0.25) is 0 Å². The Morgan fingerprint density at radius 2 is 1.29 bits per heavy atom. The molecule has 1 saturated heterocycles. The minimum absolute atomic E-state index is 0.0222. The van der Waals surface area contributed by atoms with Crippen LogP contribution in [0.25, 0.3) is 0 Å². The molecule has 2 aromatic rings. The SMILES string of the molecule is CC(=O)O[C@@H]1CN(C(=O)OC(C)(C)C)[C@H](CNC(=O)OC(C)(C)C)[C@@H](OCc2ccccc2)[C@@H]1OCc1ccccc1. The number of alkyl carbamates (subject to hydrolysis) is 1. The summed E-state index contributed by atoms with van der Waals surface area (Å²) in [6.07, 6.45) is -3.74. The van der Waals surface area contributed by atoms with E-state index in [9.17, 15) is 14.4 Å². The summed E-state index contributed by atoms with van der Waals surface area (Å²) in [4.78, 5) is 39.9. The van der Waals surface area contributed by atoms with Crippen molar-refractivity contribution in [3.05, 3.63) is 71.8 Å². The second-order valence-electron chi connectivity index (χ2n) is 12.3. The average Bonchev–Trinajstić information content (AvgIpc) is 2.89. The third-order valence-corrected chi connectivity index (χ3v) is 6.22. The third-order valence-electron chi connectivity index (χ3n) is 6.22. The Labute approximate surface area is 248 Å². The molecule has 4 atom stereocenters. The second-order valence-corrected chi connectivity index (χ2v) is 12.3. The van der Waals surface area contributed by atoms with Crippen LogP contribution in [0.15, 0.2) is 60.7 Å². The highest BCUT2D eigenvalue weighted by atomic mass is 16.6. The number of hydrogen-bond acceptors (Lipinski definition) is 8. The maximum atomic E-state index is 13.6. The van der Waals surface area contributed by atoms with Gasteiger partial charge < -0.3 is 29.0 Å². The molecule has 230 valence electrons. The molecule has 0 aliphatic carbocycles. The van der Waals surface area contributed by atoms with Crippen LogP contribution in [0.1, 0.15) is 59.6 Å². The fourth-order valence-electron chi connectivity index (χ4n) is 4.56. The minimum atomic E-state index is -0.864. The van der Waals surface area contributed by atoms with Crippen molar-refractivity contribution in [1.82, 2.24) is 10.2 Å². The molecule has 0 aromatic heterocycles. The van der Waals surface area contributed by atoms with Crippen LogP contribution in [0, 0.1) is 0 Å². The van der Waals surface area contributed by atoms with E-state index in [-0.39, 0.29) is 26.3 Å². The van der Waals surface area contributed by atoms with Crippen LogP contribution >= 0.6 is 0 Å². The van der Waals surface area contributed by atoms with Crippen LogP contribution in [0.2, 0.25) is 0 Å². The Kier molecular flexibility index (Phi) is 11.4. The summed E-state index contributed by atoms with van der Waals surface area (Å²) in [5.74, 6) is -0.524. The maximum absolute atomic E-state index is 13.6. The number of carbonyl (C=O) groups excluding carboxylic acids is 3. The Balaban J connectivity index is 2.00. The number of likely N-dealkylation sites (tertiary alicyclic amines) is 1. The summed E-state index contributed by atoms with van der Waals surface area (Å²) in [7, 11) is 0. The Hall–Kier alpha value is -3.63. The van der Waals surface area contributed by atoms with Gasteiger partial charge in [0.25, 0.3) is 0 Å². The molecule has 1 aliphatic heterocycles. The summed E-state index contributed by atoms with van der Waals surface area (Å²) in [6.45, 7) is 12.3. The van der Waals surface area contributed by atoms with E-state index in [1.807, 2.05) is 60.7 Å². The number of rotatable bonds is 9. The van der Waals surface area contributed by atoms with Crippen molar-refractivity contribution < 1.29 is 38.1 Å². The summed E-state index contributed by atoms with van der Waals surface area (Å²) in [5, 5.41) is 2.78. The van der Waals surface area contributed by atoms with E-state index >= 15 is 0 Å². The Morgan fingerprint density at radius 3 is 1.76 bits per heavy atom. The van der Waals surface area contributed by atoms with Gasteiger partial charge in [-0.2, -0.15) is 0 Å². The number of nitrogens with one attached hydrogen (secondary N) is 1. The van der Waals surface area contributed by atoms with Gasteiger partial charge in [0.1, 0.15) is 29.5 Å². The number of amides is 2. The molecule has 0 saturated carbocycles. The molecular formula is C32H44N2O8. The van der Waals surface area contributed by atoms with Gasteiger partial charge >= 0.3 is 18.2 Å². The topological polar surface area (TPSA) is 113 Å². The first-order valence-electron chi connectivity index (χ1n) is 14.2. The molecule has 1 heterocycles. The van der Waals surface area contributed by atoms with Crippen LogP contribution in [0.4, 0.5) is 9.59 Å². The van der Waals surface area contributed by atoms with Gasteiger partial charge in [-0.05, 0) is 52.7 Å². The van der Waals surface area contributed by atoms with Crippen LogP contribution in [-0.4, -0.2) is 71.7 Å². The van der Waals surface area contributed by atoms with Gasteiger partial charge in [0.05, 0.1) is 25.8 Å². The molecule has 1 N–H and O–H groups in total. The number of piperidine rings is 1. The fraction of sp³-hybridized carbons (Fsp3) is 0.531. The maximum Gasteiger partial charge on any atom is 0.410 e. The van der Waals surface area contributed by atoms with Gasteiger partial charge in [-0.25, -0.2) is 9.59 Å². The molecule has 0 radical (unpaired) electrons. The van der Waals surface area contributed by atoms with E-state index in [0.717, 1.165) is 11.1 Å². The first kappa shape index (κ1) is 32.9. The fourth-order valence-corrected chi connectivity index (χ4v) is 4.56. The molecule has 0 unspecified atom stereocenters. The first-order valence-corrected chi connectivity index (χ1v) is 14.2. The van der Waals surface area contributed by atoms with E-state index in [4.69, 9.17) is 23.7 Å². The predicted molar refractivity (Wildman–Crippen MR) is 157 cm³/mol. The molecule has 1 aliphatic rings. The number of benzene rings is 2. The molecule has 2 aromatic carbocycles. The van der Waals surface area contributed by atoms with Crippen LogP contribution in [0.3, 0.4) is 0 Å². The molecule has 3 rings (SSSR count). The normalized spacial score (nSPS) is 20.9. The molecule has 0 spiro atoms. The second kappa shape index (κ2) is 14.5. The highest BCUT2D eigenvalue weighted by molar-refractivity contribution is 5.71. The predicted octanol–water partition coefficient (Wildman–Crippen LogP) is 5.23. The molecule has 42 heavy (non-hydrogen) atoms. The average molecular weight is 585 g/mol. The van der Waals surface area contributed by atoms with Gasteiger partial charge in [-0.15, -0.1) is 0 Å². The first-order chi connectivity index (χ1) is 19.7. The van der Waals surface area contributed by atoms with Crippen molar-refractivity contribution >= 4 is 18.2 Å². The number of esters is 1. The van der Waals surface area contributed by atoms with E-state index in [0.29, 0.717) is 0 Å². The third kappa shape index (κ3) is 10.6. The summed E-state index contributed by atoms with van der Waals surface area (Å²) in [5.41, 5.74) is 0.306. The molecule has 10 nitrogen and oxygen atoms in total. The van der Waals surface area contributed by atoms with Crippen molar-refractivity contribution in [2.24, 2.45) is 0 Å². The number of ether oxygens (including phenoxy) is 5. The standard InChI is InChI=1S/C32H44N2O8/c1-22(35)40-26-19-34(30(37)42-32(5,6)7)25(18-33-29(36)41-31(2,3)4)27(38-20-23-14-10-8-11-15-23)28(26)39-21-24-16-12-9-13-17-24/h8-17,25-28H,18-21H2,1-7H3,(H,33,36)/t25-,26-,27-,28-/m1/s1. The van der Waals surface area contributed by atoms with Gasteiger partial charge in [0, 0.05) is 13.5 Å². The van der Waals surface area contributed by atoms with Crippen LogP contribution in [0.5, 0.6) is 0 Å². The molecule has 2 amide bonds. The van der Waals surface area contributed by atoms with Crippen molar-refractivity contribution in [3.8, 4) is 0 Å². The lowest BCUT2D eigenvalue weighted by molar-refractivity contribution is -0.199.